The zero-order chi connectivity index (χ0) is 14.9. The highest BCUT2D eigenvalue weighted by atomic mass is 35.5. The van der Waals surface area contributed by atoms with Gasteiger partial charge in [0.05, 0.1) is 6.26 Å². The SMILES string of the molecule is Cc1c(Cl)cc(CN2CCN(S(C)(=O)=O)CC2)cc1Cl. The fourth-order valence-corrected chi connectivity index (χ4v) is 3.63. The van der Waals surface area contributed by atoms with E-state index < -0.39 is 10.0 Å². The molecule has 0 saturated carbocycles. The molecule has 0 aliphatic carbocycles. The summed E-state index contributed by atoms with van der Waals surface area (Å²) in [5.41, 5.74) is 1.94. The number of hydrogen-bond acceptors (Lipinski definition) is 3. The second-order valence-electron chi connectivity index (χ2n) is 5.12. The molecule has 0 radical (unpaired) electrons. The van der Waals surface area contributed by atoms with Gasteiger partial charge in [-0.15, -0.1) is 0 Å². The molecule has 1 aromatic carbocycles. The Labute approximate surface area is 130 Å². The highest BCUT2D eigenvalue weighted by molar-refractivity contribution is 7.88. The van der Waals surface area contributed by atoms with Crippen LogP contribution in [0.1, 0.15) is 11.1 Å². The maximum Gasteiger partial charge on any atom is 0.211 e. The van der Waals surface area contributed by atoms with Gasteiger partial charge in [0.15, 0.2) is 0 Å². The molecule has 2 rings (SSSR count). The standard InChI is InChI=1S/C13H18Cl2N2O2S/c1-10-12(14)7-11(8-13(10)15)9-16-3-5-17(6-4-16)20(2,18)19/h7-8H,3-6,9H2,1-2H3. The maximum atomic E-state index is 11.5. The first-order valence-electron chi connectivity index (χ1n) is 6.39. The van der Waals surface area contributed by atoms with Gasteiger partial charge in [-0.1, -0.05) is 23.2 Å². The van der Waals surface area contributed by atoms with Gasteiger partial charge in [0.25, 0.3) is 0 Å². The number of benzene rings is 1. The third-order valence-electron chi connectivity index (χ3n) is 3.55. The molecule has 0 N–H and O–H groups in total. The van der Waals surface area contributed by atoms with Crippen molar-refractivity contribution < 1.29 is 8.42 Å². The van der Waals surface area contributed by atoms with Crippen LogP contribution in [-0.4, -0.2) is 50.1 Å². The number of halogens is 2. The van der Waals surface area contributed by atoms with E-state index >= 15 is 0 Å². The monoisotopic (exact) mass is 336 g/mol. The highest BCUT2D eigenvalue weighted by Gasteiger charge is 2.23. The number of hydrogen-bond donors (Lipinski definition) is 0. The fourth-order valence-electron chi connectivity index (χ4n) is 2.27. The van der Waals surface area contributed by atoms with E-state index in [-0.39, 0.29) is 0 Å². The summed E-state index contributed by atoms with van der Waals surface area (Å²) in [5, 5.41) is 1.34. The van der Waals surface area contributed by atoms with E-state index in [9.17, 15) is 8.42 Å². The van der Waals surface area contributed by atoms with Gasteiger partial charge in [-0.25, -0.2) is 8.42 Å². The van der Waals surface area contributed by atoms with Crippen molar-refractivity contribution in [3.05, 3.63) is 33.3 Å². The molecule has 4 nitrogen and oxygen atoms in total. The molecule has 0 atom stereocenters. The van der Waals surface area contributed by atoms with E-state index in [1.807, 2.05) is 19.1 Å². The van der Waals surface area contributed by atoms with E-state index in [1.54, 1.807) is 0 Å². The molecule has 1 aliphatic heterocycles. The zero-order valence-corrected chi connectivity index (χ0v) is 13.9. The summed E-state index contributed by atoms with van der Waals surface area (Å²) in [5.74, 6) is 0. The molecule has 112 valence electrons. The molecule has 1 aliphatic rings. The first-order valence-corrected chi connectivity index (χ1v) is 9.00. The average Bonchev–Trinajstić information content (AvgIpc) is 2.35. The van der Waals surface area contributed by atoms with Crippen molar-refractivity contribution in [3.8, 4) is 0 Å². The van der Waals surface area contributed by atoms with E-state index in [1.165, 1.54) is 10.6 Å². The largest absolute Gasteiger partial charge is 0.296 e. The number of nitrogens with zero attached hydrogens (tertiary/aromatic N) is 2. The number of piperazine rings is 1. The van der Waals surface area contributed by atoms with E-state index in [0.717, 1.165) is 30.8 Å². The Morgan fingerprint density at radius 1 is 1.10 bits per heavy atom. The maximum absolute atomic E-state index is 11.5. The first kappa shape index (κ1) is 16.0. The fraction of sp³-hybridized carbons (Fsp3) is 0.538. The normalized spacial score (nSPS) is 18.4. The average molecular weight is 337 g/mol. The summed E-state index contributed by atoms with van der Waals surface area (Å²) < 4.78 is 24.4. The van der Waals surface area contributed by atoms with Crippen LogP contribution >= 0.6 is 23.2 Å². The second kappa shape index (κ2) is 6.20. The Balaban J connectivity index is 2.00. The van der Waals surface area contributed by atoms with Crippen molar-refractivity contribution in [2.24, 2.45) is 0 Å². The van der Waals surface area contributed by atoms with Gasteiger partial charge in [0, 0.05) is 42.8 Å². The molecule has 7 heteroatoms. The summed E-state index contributed by atoms with van der Waals surface area (Å²) >= 11 is 12.3. The first-order chi connectivity index (χ1) is 9.27. The molecule has 1 saturated heterocycles. The van der Waals surface area contributed by atoms with Crippen LogP contribution in [0, 0.1) is 6.92 Å². The Morgan fingerprint density at radius 3 is 2.05 bits per heavy atom. The lowest BCUT2D eigenvalue weighted by molar-refractivity contribution is 0.182. The third kappa shape index (κ3) is 3.86. The molecule has 1 aromatic rings. The quantitative estimate of drug-likeness (QED) is 0.850. The van der Waals surface area contributed by atoms with Gasteiger partial charge in [-0.05, 0) is 30.2 Å². The Morgan fingerprint density at radius 2 is 1.60 bits per heavy atom. The van der Waals surface area contributed by atoms with Gasteiger partial charge in [-0.3, -0.25) is 4.90 Å². The van der Waals surface area contributed by atoms with Gasteiger partial charge in [0.1, 0.15) is 0 Å². The molecular formula is C13H18Cl2N2O2S. The van der Waals surface area contributed by atoms with Crippen molar-refractivity contribution in [2.45, 2.75) is 13.5 Å². The molecule has 20 heavy (non-hydrogen) atoms. The van der Waals surface area contributed by atoms with Crippen molar-refractivity contribution in [3.63, 3.8) is 0 Å². The molecular weight excluding hydrogens is 319 g/mol. The molecule has 0 aromatic heterocycles. The van der Waals surface area contributed by atoms with Crippen LogP contribution in [0.4, 0.5) is 0 Å². The predicted octanol–water partition coefficient (Wildman–Crippen LogP) is 2.38. The topological polar surface area (TPSA) is 40.6 Å². The van der Waals surface area contributed by atoms with Crippen LogP contribution in [0.2, 0.25) is 10.0 Å². The van der Waals surface area contributed by atoms with Crippen LogP contribution in [0.15, 0.2) is 12.1 Å². The van der Waals surface area contributed by atoms with Crippen LogP contribution in [0.5, 0.6) is 0 Å². The van der Waals surface area contributed by atoms with Gasteiger partial charge in [-0.2, -0.15) is 4.31 Å². The summed E-state index contributed by atoms with van der Waals surface area (Å²) in [6.45, 7) is 5.13. The predicted molar refractivity (Wildman–Crippen MR) is 82.9 cm³/mol. The van der Waals surface area contributed by atoms with Crippen molar-refractivity contribution >= 4 is 33.2 Å². The van der Waals surface area contributed by atoms with Crippen LogP contribution in [0.3, 0.4) is 0 Å². The van der Waals surface area contributed by atoms with Gasteiger partial charge >= 0.3 is 0 Å². The Bertz CT molecular complexity index is 573. The summed E-state index contributed by atoms with van der Waals surface area (Å²) in [4.78, 5) is 2.21. The lowest BCUT2D eigenvalue weighted by atomic mass is 10.1. The van der Waals surface area contributed by atoms with Crippen LogP contribution in [0.25, 0.3) is 0 Å². The van der Waals surface area contributed by atoms with Gasteiger partial charge in [0.2, 0.25) is 10.0 Å². The smallest absolute Gasteiger partial charge is 0.211 e. The number of rotatable bonds is 3. The minimum absolute atomic E-state index is 0.534. The van der Waals surface area contributed by atoms with Crippen LogP contribution < -0.4 is 0 Å². The minimum atomic E-state index is -3.08. The molecule has 1 heterocycles. The summed E-state index contributed by atoms with van der Waals surface area (Å²) in [6, 6.07) is 3.84. The minimum Gasteiger partial charge on any atom is -0.296 e. The van der Waals surface area contributed by atoms with E-state index in [4.69, 9.17) is 23.2 Å². The molecule has 1 fully saturated rings. The molecule has 0 unspecified atom stereocenters. The highest BCUT2D eigenvalue weighted by Crippen LogP contribution is 2.26. The molecule has 0 amide bonds. The summed E-state index contributed by atoms with van der Waals surface area (Å²) in [7, 11) is -3.08. The lowest BCUT2D eigenvalue weighted by Crippen LogP contribution is -2.47. The third-order valence-corrected chi connectivity index (χ3v) is 5.64. The Hall–Kier alpha value is -0.330. The number of sulfonamides is 1. The van der Waals surface area contributed by atoms with Crippen molar-refractivity contribution in [1.82, 2.24) is 9.21 Å². The van der Waals surface area contributed by atoms with Crippen molar-refractivity contribution in [1.29, 1.82) is 0 Å². The van der Waals surface area contributed by atoms with E-state index in [0.29, 0.717) is 23.1 Å². The molecule has 0 bridgehead atoms. The van der Waals surface area contributed by atoms with Crippen molar-refractivity contribution in [2.75, 3.05) is 32.4 Å². The second-order valence-corrected chi connectivity index (χ2v) is 7.92. The molecule has 0 spiro atoms. The van der Waals surface area contributed by atoms with E-state index in [2.05, 4.69) is 4.90 Å². The zero-order valence-electron chi connectivity index (χ0n) is 11.6. The van der Waals surface area contributed by atoms with Gasteiger partial charge < -0.3 is 0 Å². The lowest BCUT2D eigenvalue weighted by Gasteiger charge is -2.33. The Kier molecular flexibility index (Phi) is 4.97. The van der Waals surface area contributed by atoms with Crippen LogP contribution in [-0.2, 0) is 16.6 Å². The summed E-state index contributed by atoms with van der Waals surface area (Å²) in [6.07, 6.45) is 1.25.